The predicted molar refractivity (Wildman–Crippen MR) is 55.5 cm³/mol. The van der Waals surface area contributed by atoms with E-state index in [2.05, 4.69) is 0 Å². The minimum Gasteiger partial charge on any atom is -0.463 e. The SMILES string of the molecule is O=c1c(S(=O)(=O)Cl)coc2cc(F)ccc12. The number of benzene rings is 1. The fraction of sp³-hybridized carbons (Fsp3) is 0. The zero-order chi connectivity index (χ0) is 11.9. The number of hydrogen-bond donors (Lipinski definition) is 0. The molecule has 1 heterocycles. The van der Waals surface area contributed by atoms with Crippen LogP contribution in [0.25, 0.3) is 11.0 Å². The lowest BCUT2D eigenvalue weighted by Crippen LogP contribution is -2.10. The molecule has 0 saturated heterocycles. The molecule has 84 valence electrons. The Hall–Kier alpha value is -1.40. The molecule has 0 aliphatic heterocycles. The van der Waals surface area contributed by atoms with Crippen molar-refractivity contribution in [3.63, 3.8) is 0 Å². The number of halogens is 2. The molecule has 0 radical (unpaired) electrons. The maximum atomic E-state index is 12.8. The lowest BCUT2D eigenvalue weighted by molar-refractivity contribution is 0.566. The average molecular weight is 263 g/mol. The van der Waals surface area contributed by atoms with Gasteiger partial charge in [0, 0.05) is 16.7 Å². The molecule has 1 aromatic heterocycles. The molecule has 0 amide bonds. The summed E-state index contributed by atoms with van der Waals surface area (Å²) in [7, 11) is 0.871. The largest absolute Gasteiger partial charge is 0.463 e. The van der Waals surface area contributed by atoms with Gasteiger partial charge in [0.05, 0.1) is 5.39 Å². The predicted octanol–water partition coefficient (Wildman–Crippen LogP) is 1.86. The molecule has 1 aromatic carbocycles. The van der Waals surface area contributed by atoms with E-state index >= 15 is 0 Å². The third-order valence-corrected chi connectivity index (χ3v) is 3.27. The van der Waals surface area contributed by atoms with Crippen molar-refractivity contribution in [3.05, 3.63) is 40.5 Å². The lowest BCUT2D eigenvalue weighted by Gasteiger charge is -1.98. The highest BCUT2D eigenvalue weighted by atomic mass is 35.7. The van der Waals surface area contributed by atoms with Crippen molar-refractivity contribution in [2.45, 2.75) is 4.90 Å². The van der Waals surface area contributed by atoms with Crippen molar-refractivity contribution in [1.82, 2.24) is 0 Å². The second kappa shape index (κ2) is 3.57. The van der Waals surface area contributed by atoms with Gasteiger partial charge in [-0.1, -0.05) is 0 Å². The Morgan fingerprint density at radius 3 is 2.62 bits per heavy atom. The molecule has 2 aromatic rings. The lowest BCUT2D eigenvalue weighted by atomic mass is 10.2. The molecule has 4 nitrogen and oxygen atoms in total. The highest BCUT2D eigenvalue weighted by molar-refractivity contribution is 8.13. The molecule has 0 atom stereocenters. The molecule has 0 N–H and O–H groups in total. The van der Waals surface area contributed by atoms with Crippen LogP contribution in [0.4, 0.5) is 4.39 Å². The summed E-state index contributed by atoms with van der Waals surface area (Å²) in [5, 5.41) is -0.0388. The van der Waals surface area contributed by atoms with E-state index < -0.39 is 25.2 Å². The first-order valence-corrected chi connectivity index (χ1v) is 6.36. The van der Waals surface area contributed by atoms with Crippen molar-refractivity contribution in [2.24, 2.45) is 0 Å². The minimum absolute atomic E-state index is 0.0333. The highest BCUT2D eigenvalue weighted by Gasteiger charge is 2.18. The Balaban J connectivity index is 2.92. The van der Waals surface area contributed by atoms with Gasteiger partial charge in [-0.25, -0.2) is 12.8 Å². The second-order valence-electron chi connectivity index (χ2n) is 3.01. The van der Waals surface area contributed by atoms with Crippen molar-refractivity contribution >= 4 is 30.7 Å². The summed E-state index contributed by atoms with van der Waals surface area (Å²) in [4.78, 5) is 11.0. The Labute approximate surface area is 93.7 Å². The number of fused-ring (bicyclic) bond motifs is 1. The van der Waals surface area contributed by atoms with Gasteiger partial charge >= 0.3 is 0 Å². The van der Waals surface area contributed by atoms with Crippen LogP contribution >= 0.6 is 10.7 Å². The van der Waals surface area contributed by atoms with E-state index in [-0.39, 0.29) is 11.0 Å². The Bertz CT molecular complexity index is 720. The smallest absolute Gasteiger partial charge is 0.268 e. The van der Waals surface area contributed by atoms with E-state index in [1.165, 1.54) is 0 Å². The van der Waals surface area contributed by atoms with Gasteiger partial charge in [0.25, 0.3) is 9.05 Å². The van der Waals surface area contributed by atoms with E-state index in [1.54, 1.807) is 0 Å². The van der Waals surface area contributed by atoms with E-state index in [1.807, 2.05) is 0 Å². The highest BCUT2D eigenvalue weighted by Crippen LogP contribution is 2.17. The zero-order valence-electron chi connectivity index (χ0n) is 7.61. The van der Waals surface area contributed by atoms with Crippen molar-refractivity contribution in [2.75, 3.05) is 0 Å². The molecule has 0 aliphatic carbocycles. The molecule has 16 heavy (non-hydrogen) atoms. The zero-order valence-corrected chi connectivity index (χ0v) is 9.18. The van der Waals surface area contributed by atoms with Crippen LogP contribution in [0.1, 0.15) is 0 Å². The summed E-state index contributed by atoms with van der Waals surface area (Å²) in [6.07, 6.45) is 0.701. The van der Waals surface area contributed by atoms with Crippen LogP contribution in [0, 0.1) is 5.82 Å². The van der Waals surface area contributed by atoms with E-state index in [9.17, 15) is 17.6 Å². The molecule has 0 saturated carbocycles. The molecule has 0 unspecified atom stereocenters. The van der Waals surface area contributed by atoms with Gasteiger partial charge in [0.15, 0.2) is 4.90 Å². The van der Waals surface area contributed by atoms with Crippen molar-refractivity contribution in [3.8, 4) is 0 Å². The standard InChI is InChI=1S/C9H4ClFO4S/c10-16(13,14)8-4-15-7-3-5(11)1-2-6(7)9(8)12/h1-4H. The van der Waals surface area contributed by atoms with Crippen LogP contribution in [0.15, 0.2) is 38.6 Å². The van der Waals surface area contributed by atoms with Gasteiger partial charge < -0.3 is 4.42 Å². The number of hydrogen-bond acceptors (Lipinski definition) is 4. The molecule has 0 aliphatic rings. The monoisotopic (exact) mass is 262 g/mol. The summed E-state index contributed by atoms with van der Waals surface area (Å²) in [5.41, 5.74) is -0.842. The van der Waals surface area contributed by atoms with Crippen LogP contribution in [-0.2, 0) is 9.05 Å². The van der Waals surface area contributed by atoms with Crippen LogP contribution in [0.2, 0.25) is 0 Å². The maximum absolute atomic E-state index is 12.8. The minimum atomic E-state index is -4.16. The van der Waals surface area contributed by atoms with Gasteiger partial charge in [0.1, 0.15) is 17.7 Å². The summed E-state index contributed by atoms with van der Waals surface area (Å²) < 4.78 is 39.6. The van der Waals surface area contributed by atoms with Crippen LogP contribution in [-0.4, -0.2) is 8.42 Å². The molecular weight excluding hydrogens is 259 g/mol. The van der Waals surface area contributed by atoms with Crippen LogP contribution < -0.4 is 5.43 Å². The van der Waals surface area contributed by atoms with E-state index in [0.29, 0.717) is 6.26 Å². The fourth-order valence-electron chi connectivity index (χ4n) is 1.25. The topological polar surface area (TPSA) is 64.3 Å². The quantitative estimate of drug-likeness (QED) is 0.736. The van der Waals surface area contributed by atoms with Gasteiger partial charge in [-0.05, 0) is 12.1 Å². The summed E-state index contributed by atoms with van der Waals surface area (Å²) >= 11 is 0. The molecule has 0 fully saturated rings. The first-order valence-electron chi connectivity index (χ1n) is 4.05. The van der Waals surface area contributed by atoms with E-state index in [4.69, 9.17) is 15.1 Å². The third-order valence-electron chi connectivity index (χ3n) is 1.97. The fourth-order valence-corrected chi connectivity index (χ4v) is 2.07. The maximum Gasteiger partial charge on any atom is 0.268 e. The molecule has 7 heteroatoms. The first kappa shape index (κ1) is 11.1. The first-order chi connectivity index (χ1) is 7.39. The van der Waals surface area contributed by atoms with Crippen molar-refractivity contribution in [1.29, 1.82) is 0 Å². The van der Waals surface area contributed by atoms with Gasteiger partial charge in [0.2, 0.25) is 5.43 Å². The molecule has 2 rings (SSSR count). The third kappa shape index (κ3) is 1.81. The van der Waals surface area contributed by atoms with Crippen LogP contribution in [0.3, 0.4) is 0 Å². The normalized spacial score (nSPS) is 11.9. The number of rotatable bonds is 1. The van der Waals surface area contributed by atoms with Gasteiger partial charge in [-0.2, -0.15) is 0 Å². The summed E-state index contributed by atoms with van der Waals surface area (Å²) in [6, 6.07) is 3.16. The Morgan fingerprint density at radius 1 is 1.31 bits per heavy atom. The molecule has 0 bridgehead atoms. The Morgan fingerprint density at radius 2 is 2.00 bits per heavy atom. The molecular formula is C9H4ClFO4S. The van der Waals surface area contributed by atoms with Crippen LogP contribution in [0.5, 0.6) is 0 Å². The second-order valence-corrected chi connectivity index (χ2v) is 5.54. The average Bonchev–Trinajstić information content (AvgIpc) is 2.15. The summed E-state index contributed by atoms with van der Waals surface area (Å²) in [5.74, 6) is -0.586. The molecule has 0 spiro atoms. The van der Waals surface area contributed by atoms with Gasteiger partial charge in [-0.15, -0.1) is 0 Å². The van der Waals surface area contributed by atoms with E-state index in [0.717, 1.165) is 18.2 Å². The summed E-state index contributed by atoms with van der Waals surface area (Å²) in [6.45, 7) is 0. The van der Waals surface area contributed by atoms with Gasteiger partial charge in [-0.3, -0.25) is 4.79 Å². The Kier molecular flexibility index (Phi) is 2.47. The van der Waals surface area contributed by atoms with Crippen molar-refractivity contribution < 1.29 is 17.2 Å².